The van der Waals surface area contributed by atoms with E-state index in [1.807, 2.05) is 0 Å². The van der Waals surface area contributed by atoms with Crippen LogP contribution < -0.4 is 5.73 Å². The molecule has 0 aliphatic carbocycles. The lowest BCUT2D eigenvalue weighted by molar-refractivity contribution is -0.144. The van der Waals surface area contributed by atoms with Crippen LogP contribution in [0.15, 0.2) is 11.5 Å². The second kappa shape index (κ2) is 9.23. The maximum atomic E-state index is 11.1. The molecule has 0 radical (unpaired) electrons. The molecule has 0 aromatic rings. The monoisotopic (exact) mass is 247 g/mol. The van der Waals surface area contributed by atoms with Crippen LogP contribution in [0.4, 0.5) is 0 Å². The summed E-state index contributed by atoms with van der Waals surface area (Å²) in [5.41, 5.74) is 5.53. The van der Waals surface area contributed by atoms with Crippen LogP contribution in [0.5, 0.6) is 0 Å². The number of carbonyl (C=O) groups excluding carboxylic acids is 2. The van der Waals surface area contributed by atoms with Gasteiger partial charge in [-0.2, -0.15) is 0 Å². The molecule has 16 heavy (non-hydrogen) atoms. The van der Waals surface area contributed by atoms with E-state index in [0.29, 0.717) is 19.0 Å². The zero-order chi connectivity index (χ0) is 12.4. The van der Waals surface area contributed by atoms with Gasteiger partial charge in [0.1, 0.15) is 6.04 Å². The molecule has 0 aromatic heterocycles. The van der Waals surface area contributed by atoms with Gasteiger partial charge >= 0.3 is 11.9 Å². The van der Waals surface area contributed by atoms with Crippen molar-refractivity contribution in [2.24, 2.45) is 5.73 Å². The maximum absolute atomic E-state index is 11.1. The van der Waals surface area contributed by atoms with Crippen LogP contribution in [0, 0.1) is 0 Å². The predicted molar refractivity (Wildman–Crippen MR) is 62.8 cm³/mol. The number of hydrogen-bond donors (Lipinski definition) is 1. The second-order valence-corrected chi connectivity index (χ2v) is 3.69. The number of nitrogens with two attached hydrogens (primary N) is 1. The van der Waals surface area contributed by atoms with Crippen LogP contribution in [0.1, 0.15) is 13.8 Å². The van der Waals surface area contributed by atoms with Crippen molar-refractivity contribution in [1.29, 1.82) is 0 Å². The zero-order valence-electron chi connectivity index (χ0n) is 9.47. The fourth-order valence-electron chi connectivity index (χ4n) is 0.771. The third-order valence-electron chi connectivity index (χ3n) is 1.45. The Kier molecular flexibility index (Phi) is 8.65. The highest BCUT2D eigenvalue weighted by atomic mass is 32.2. The molecule has 0 bridgehead atoms. The summed E-state index contributed by atoms with van der Waals surface area (Å²) in [6.07, 6.45) is 1.30. The van der Waals surface area contributed by atoms with Gasteiger partial charge in [0.2, 0.25) is 0 Å². The van der Waals surface area contributed by atoms with Crippen LogP contribution in [0.3, 0.4) is 0 Å². The van der Waals surface area contributed by atoms with Gasteiger partial charge in [0.05, 0.1) is 13.2 Å². The molecule has 0 fully saturated rings. The standard InChI is InChI=1S/C10H17NO4S/c1-3-14-9(12)5-6-16-7-8(11)10(13)15-4-2/h5-6,8H,3-4,7,11H2,1-2H3/b6-5+/t8-/m0/s1. The lowest BCUT2D eigenvalue weighted by Gasteiger charge is -2.07. The Balaban J connectivity index is 3.72. The van der Waals surface area contributed by atoms with E-state index < -0.39 is 18.0 Å². The third kappa shape index (κ3) is 7.30. The molecule has 0 aliphatic rings. The minimum absolute atomic E-state index is 0.315. The van der Waals surface area contributed by atoms with E-state index in [4.69, 9.17) is 10.5 Å². The molecule has 0 heterocycles. The molecular formula is C10H17NO4S. The predicted octanol–water partition coefficient (Wildman–Crippen LogP) is 0.687. The maximum Gasteiger partial charge on any atom is 0.331 e. The summed E-state index contributed by atoms with van der Waals surface area (Å²) in [6.45, 7) is 4.11. The molecule has 0 unspecified atom stereocenters. The van der Waals surface area contributed by atoms with Gasteiger partial charge in [-0.3, -0.25) is 4.79 Å². The van der Waals surface area contributed by atoms with Gasteiger partial charge in [0, 0.05) is 11.8 Å². The number of rotatable bonds is 7. The van der Waals surface area contributed by atoms with Gasteiger partial charge < -0.3 is 15.2 Å². The van der Waals surface area contributed by atoms with Crippen molar-refractivity contribution >= 4 is 23.7 Å². The van der Waals surface area contributed by atoms with E-state index in [0.717, 1.165) is 0 Å². The average molecular weight is 247 g/mol. The summed E-state index contributed by atoms with van der Waals surface area (Å²) >= 11 is 1.26. The first-order chi connectivity index (χ1) is 7.61. The van der Waals surface area contributed by atoms with E-state index in [1.54, 1.807) is 19.3 Å². The van der Waals surface area contributed by atoms with E-state index in [-0.39, 0.29) is 0 Å². The Bertz CT molecular complexity index is 255. The summed E-state index contributed by atoms with van der Waals surface area (Å²) in [4.78, 5) is 22.0. The van der Waals surface area contributed by atoms with E-state index >= 15 is 0 Å². The summed E-state index contributed by atoms with van der Waals surface area (Å²) in [5, 5.41) is 1.55. The van der Waals surface area contributed by atoms with Crippen molar-refractivity contribution in [3.05, 3.63) is 11.5 Å². The van der Waals surface area contributed by atoms with Crippen LogP contribution in [-0.2, 0) is 19.1 Å². The van der Waals surface area contributed by atoms with Crippen molar-refractivity contribution in [1.82, 2.24) is 0 Å². The first kappa shape index (κ1) is 15.0. The molecule has 0 saturated carbocycles. The largest absolute Gasteiger partial charge is 0.465 e. The molecule has 0 saturated heterocycles. The molecule has 0 rings (SSSR count). The lowest BCUT2D eigenvalue weighted by Crippen LogP contribution is -2.34. The number of carbonyl (C=O) groups is 2. The van der Waals surface area contributed by atoms with E-state index in [1.165, 1.54) is 17.8 Å². The fraction of sp³-hybridized carbons (Fsp3) is 0.600. The molecule has 0 aliphatic heterocycles. The molecule has 5 nitrogen and oxygen atoms in total. The number of hydrogen-bond acceptors (Lipinski definition) is 6. The van der Waals surface area contributed by atoms with E-state index in [9.17, 15) is 9.59 Å². The quantitative estimate of drug-likeness (QED) is 0.526. The molecular weight excluding hydrogens is 230 g/mol. The normalized spacial score (nSPS) is 12.4. The first-order valence-corrected chi connectivity index (χ1v) is 6.03. The molecule has 1 atom stereocenters. The van der Waals surface area contributed by atoms with Crippen molar-refractivity contribution in [2.45, 2.75) is 19.9 Å². The molecule has 6 heteroatoms. The minimum Gasteiger partial charge on any atom is -0.465 e. The van der Waals surface area contributed by atoms with Gasteiger partial charge in [-0.15, -0.1) is 11.8 Å². The average Bonchev–Trinajstić information content (AvgIpc) is 2.24. The van der Waals surface area contributed by atoms with Crippen molar-refractivity contribution in [3.63, 3.8) is 0 Å². The SMILES string of the molecule is CCOC(=O)/C=C/SC[C@H](N)C(=O)OCC. The highest BCUT2D eigenvalue weighted by Gasteiger charge is 2.13. The zero-order valence-corrected chi connectivity index (χ0v) is 10.3. The Labute approximate surface area is 99.3 Å². The molecule has 2 N–H and O–H groups in total. The van der Waals surface area contributed by atoms with Crippen LogP contribution in [-0.4, -0.2) is 36.9 Å². The molecule has 92 valence electrons. The molecule has 0 aromatic carbocycles. The Morgan fingerprint density at radius 2 is 1.94 bits per heavy atom. The Hall–Kier alpha value is -1.01. The first-order valence-electron chi connectivity index (χ1n) is 4.98. The van der Waals surface area contributed by atoms with Gasteiger partial charge in [-0.1, -0.05) is 0 Å². The Morgan fingerprint density at radius 3 is 2.50 bits per heavy atom. The summed E-state index contributed by atoms with van der Waals surface area (Å²) < 4.78 is 9.40. The van der Waals surface area contributed by atoms with Gasteiger partial charge in [0.25, 0.3) is 0 Å². The van der Waals surface area contributed by atoms with E-state index in [2.05, 4.69) is 4.74 Å². The van der Waals surface area contributed by atoms with Crippen molar-refractivity contribution < 1.29 is 19.1 Å². The van der Waals surface area contributed by atoms with Gasteiger partial charge in [0.15, 0.2) is 0 Å². The van der Waals surface area contributed by atoms with Crippen molar-refractivity contribution in [2.75, 3.05) is 19.0 Å². The summed E-state index contributed by atoms with van der Waals surface area (Å²) in [7, 11) is 0. The summed E-state index contributed by atoms with van der Waals surface area (Å²) in [5.74, 6) is -0.464. The van der Waals surface area contributed by atoms with Crippen LogP contribution in [0.2, 0.25) is 0 Å². The van der Waals surface area contributed by atoms with Gasteiger partial charge in [-0.25, -0.2) is 4.79 Å². The smallest absolute Gasteiger partial charge is 0.331 e. The fourth-order valence-corrected chi connectivity index (χ4v) is 1.43. The highest BCUT2D eigenvalue weighted by Crippen LogP contribution is 2.04. The third-order valence-corrected chi connectivity index (χ3v) is 2.33. The lowest BCUT2D eigenvalue weighted by atomic mass is 10.4. The number of ether oxygens (including phenoxy) is 2. The van der Waals surface area contributed by atoms with Crippen molar-refractivity contribution in [3.8, 4) is 0 Å². The Morgan fingerprint density at radius 1 is 1.31 bits per heavy atom. The molecule has 0 spiro atoms. The number of esters is 2. The topological polar surface area (TPSA) is 78.6 Å². The second-order valence-electron chi connectivity index (χ2n) is 2.75. The highest BCUT2D eigenvalue weighted by molar-refractivity contribution is 8.02. The van der Waals surface area contributed by atoms with Crippen LogP contribution >= 0.6 is 11.8 Å². The van der Waals surface area contributed by atoms with Gasteiger partial charge in [-0.05, 0) is 19.3 Å². The molecule has 0 amide bonds. The summed E-state index contributed by atoms with van der Waals surface area (Å²) in [6, 6.07) is -0.670. The van der Waals surface area contributed by atoms with Crippen LogP contribution in [0.25, 0.3) is 0 Å². The number of thioether (sulfide) groups is 1. The minimum atomic E-state index is -0.670.